The van der Waals surface area contributed by atoms with Gasteiger partial charge in [0.05, 0.1) is 58.0 Å². The molecule has 3 aromatic carbocycles. The Kier molecular flexibility index (Phi) is 14.7. The number of aromatic amines is 1. The van der Waals surface area contributed by atoms with E-state index in [0.717, 1.165) is 73.6 Å². The van der Waals surface area contributed by atoms with Crippen LogP contribution in [0.15, 0.2) is 90.6 Å². The molecule has 2 aliphatic carbocycles. The first-order chi connectivity index (χ1) is 32.7. The third kappa shape index (κ3) is 10.4. The Morgan fingerprint density at radius 3 is 1.80 bits per heavy atom. The van der Waals surface area contributed by atoms with Crippen molar-refractivity contribution in [1.82, 2.24) is 29.3 Å². The topological polar surface area (TPSA) is 191 Å². The van der Waals surface area contributed by atoms with E-state index < -0.39 is 10.1 Å². The van der Waals surface area contributed by atoms with Gasteiger partial charge in [-0.25, -0.2) is 9.69 Å². The van der Waals surface area contributed by atoms with E-state index in [1.165, 1.54) is 19.3 Å². The quantitative estimate of drug-likeness (QED) is 0.0982. The summed E-state index contributed by atoms with van der Waals surface area (Å²) in [5.74, 6) is 0.0662. The zero-order valence-corrected chi connectivity index (χ0v) is 41.5. The molecule has 0 saturated heterocycles. The molecular weight excluding hydrogens is 936 g/mol. The number of rotatable bonds is 8. The fraction of sp³-hybridized carbons (Fsp3) is 0.294. The maximum Gasteiger partial charge on any atom is 0.297 e. The van der Waals surface area contributed by atoms with Crippen molar-refractivity contribution in [3.63, 3.8) is 0 Å². The Morgan fingerprint density at radius 1 is 0.754 bits per heavy atom. The molecule has 2 amide bonds. The molecule has 15 nitrogen and oxygen atoms in total. The highest BCUT2D eigenvalue weighted by Gasteiger charge is 2.38. The van der Waals surface area contributed by atoms with E-state index in [4.69, 9.17) is 52.0 Å². The normalized spacial score (nSPS) is 17.2. The number of halogens is 2. The van der Waals surface area contributed by atoms with Gasteiger partial charge >= 0.3 is 0 Å². The average Bonchev–Trinajstić information content (AvgIpc) is 3.86. The summed E-state index contributed by atoms with van der Waals surface area (Å²) >= 11 is 12.7. The predicted molar refractivity (Wildman–Crippen MR) is 273 cm³/mol. The molecule has 2 aliphatic rings. The van der Waals surface area contributed by atoms with Crippen molar-refractivity contribution < 1.29 is 22.2 Å². The lowest BCUT2D eigenvalue weighted by molar-refractivity contribution is -0.133. The molecule has 69 heavy (non-hydrogen) atoms. The summed E-state index contributed by atoms with van der Waals surface area (Å²) in [7, 11) is -0.136. The van der Waals surface area contributed by atoms with E-state index >= 15 is 0 Å². The fourth-order valence-corrected chi connectivity index (χ4v) is 9.92. The van der Waals surface area contributed by atoms with E-state index in [1.807, 2.05) is 57.1 Å². The summed E-state index contributed by atoms with van der Waals surface area (Å²) in [6, 6.07) is 15.0. The van der Waals surface area contributed by atoms with Crippen molar-refractivity contribution in [2.45, 2.75) is 89.4 Å². The van der Waals surface area contributed by atoms with E-state index in [2.05, 4.69) is 41.5 Å². The zero-order valence-electron chi connectivity index (χ0n) is 39.2. The number of hydrogen-bond acceptors (Lipinski definition) is 9. The molecule has 0 spiro atoms. The number of aromatic nitrogens is 4. The van der Waals surface area contributed by atoms with Crippen molar-refractivity contribution >= 4 is 89.7 Å². The minimum atomic E-state index is -3.71. The Labute approximate surface area is 411 Å². The highest BCUT2D eigenvalue weighted by atomic mass is 35.5. The molecule has 5 N–H and O–H groups in total. The van der Waals surface area contributed by atoms with Crippen LogP contribution in [0.2, 0.25) is 10.0 Å². The van der Waals surface area contributed by atoms with Crippen LogP contribution in [0.4, 0.5) is 22.7 Å². The van der Waals surface area contributed by atoms with Crippen LogP contribution in [0.25, 0.3) is 53.7 Å². The second-order valence-electron chi connectivity index (χ2n) is 17.5. The first-order valence-electron chi connectivity index (χ1n) is 22.0. The fourth-order valence-electron chi connectivity index (χ4n) is 8.42. The molecule has 4 heterocycles. The number of fused-ring (bicyclic) bond motifs is 2. The maximum atomic E-state index is 12.1. The number of nitrogen functional groups attached to an aromatic ring is 2. The summed E-state index contributed by atoms with van der Waals surface area (Å²) in [6.45, 7) is 23.6. The SMILES string of the molecule is CC(=O)N(C)C1CC(OS(=O)(=O)c2ccc(C)cc2)C1.[C-]#[N+]c1cc2c(-c3cncc(N)c3Cl)c[nH]c2cc1C.[C-]#[N+]c1cc2c(-c3cncc(N)c3Cl)cn(C3CC(N(C)C(C)=O)C3)c2cc1C. The number of amides is 2. The molecule has 2 fully saturated rings. The van der Waals surface area contributed by atoms with E-state index in [9.17, 15) is 18.0 Å². The van der Waals surface area contributed by atoms with Gasteiger partial charge in [-0.1, -0.05) is 40.9 Å². The standard InChI is InChI=1S/C22H22ClN5O.C15H11ClN4.C14H19NO4S/c1-12-5-21-16(8-20(12)25-3)18(17-9-26-10-19(24)22(17)23)11-28(21)15-6-14(7-15)27(4)13(2)29;1-8-3-14-9(4-13(8)18-2)10(6-20-14)11-5-19-7-12(17)15(11)16;1-10-4-6-14(7-5-10)20(17,18)19-13-8-12(9-13)15(3)11(2)16/h5,8-11,14-15H,6-7,24H2,1-2,4H3;3-7,20H,17H2,1H3;4-7,12-13H,8-9H2,1-3H3. The number of nitrogens with one attached hydrogen (secondary N) is 1. The minimum absolute atomic E-state index is 0.0187. The summed E-state index contributed by atoms with van der Waals surface area (Å²) < 4.78 is 31.5. The summed E-state index contributed by atoms with van der Waals surface area (Å²) in [5, 5.41) is 2.84. The van der Waals surface area contributed by atoms with Crippen molar-refractivity contribution in [2.24, 2.45) is 0 Å². The van der Waals surface area contributed by atoms with Crippen LogP contribution in [-0.2, 0) is 23.9 Å². The molecule has 0 aliphatic heterocycles. The van der Waals surface area contributed by atoms with Crippen LogP contribution < -0.4 is 11.5 Å². The number of H-pyrrole nitrogens is 1. The van der Waals surface area contributed by atoms with Gasteiger partial charge in [-0.05, 0) is 105 Å². The smallest absolute Gasteiger partial charge is 0.297 e. The second-order valence-corrected chi connectivity index (χ2v) is 19.9. The molecular formula is C51H52Cl2N10O5S. The molecule has 18 heteroatoms. The lowest BCUT2D eigenvalue weighted by atomic mass is 9.85. The lowest BCUT2D eigenvalue weighted by Gasteiger charge is -2.41. The third-order valence-electron chi connectivity index (χ3n) is 13.0. The van der Waals surface area contributed by atoms with Crippen LogP contribution in [0.5, 0.6) is 0 Å². The van der Waals surface area contributed by atoms with Crippen molar-refractivity contribution in [3.05, 3.63) is 135 Å². The first-order valence-corrected chi connectivity index (χ1v) is 24.2. The second kappa shape index (κ2) is 20.3. The van der Waals surface area contributed by atoms with E-state index in [1.54, 1.807) is 55.5 Å². The Bertz CT molecular complexity index is 3310. The van der Waals surface area contributed by atoms with E-state index in [-0.39, 0.29) is 40.9 Å². The van der Waals surface area contributed by atoms with E-state index in [0.29, 0.717) is 45.6 Å². The molecule has 0 atom stereocenters. The number of nitrogens with two attached hydrogens (primary N) is 2. The molecule has 356 valence electrons. The lowest BCUT2D eigenvalue weighted by Crippen LogP contribution is -2.48. The number of pyridine rings is 2. The number of hydrogen-bond donors (Lipinski definition) is 3. The molecule has 0 unspecified atom stereocenters. The highest BCUT2D eigenvalue weighted by Crippen LogP contribution is 2.45. The number of nitrogens with zero attached hydrogens (tertiary/aromatic N) is 7. The molecule has 9 rings (SSSR count). The van der Waals surface area contributed by atoms with Gasteiger partial charge < -0.3 is 30.8 Å². The van der Waals surface area contributed by atoms with Crippen molar-refractivity contribution in [2.75, 3.05) is 25.6 Å². The van der Waals surface area contributed by atoms with Gasteiger partial charge in [0.15, 0.2) is 11.4 Å². The van der Waals surface area contributed by atoms with Gasteiger partial charge in [0.1, 0.15) is 0 Å². The molecule has 0 bridgehead atoms. The molecule has 0 radical (unpaired) electrons. The largest absolute Gasteiger partial charge is 0.396 e. The van der Waals surface area contributed by atoms with Crippen molar-refractivity contribution in [3.8, 4) is 22.3 Å². The number of benzene rings is 3. The van der Waals surface area contributed by atoms with Gasteiger partial charge in [0.25, 0.3) is 10.1 Å². The van der Waals surface area contributed by atoms with Crippen LogP contribution >= 0.6 is 23.2 Å². The average molecular weight is 988 g/mol. The van der Waals surface area contributed by atoms with Gasteiger partial charge in [0.2, 0.25) is 11.8 Å². The Balaban J connectivity index is 0.000000157. The van der Waals surface area contributed by atoms with Crippen LogP contribution in [0.1, 0.15) is 62.3 Å². The maximum absolute atomic E-state index is 12.1. The van der Waals surface area contributed by atoms with Gasteiger partial charge in [-0.15, -0.1) is 0 Å². The molecule has 4 aromatic heterocycles. The number of aryl methyl sites for hydroxylation is 3. The van der Waals surface area contributed by atoms with Crippen LogP contribution in [0.3, 0.4) is 0 Å². The minimum Gasteiger partial charge on any atom is -0.396 e. The Hall–Kier alpha value is -6.95. The zero-order chi connectivity index (χ0) is 50.1. The van der Waals surface area contributed by atoms with Gasteiger partial charge in [-0.3, -0.25) is 23.7 Å². The Morgan fingerprint density at radius 2 is 1.26 bits per heavy atom. The number of carbonyl (C=O) groups is 2. The monoisotopic (exact) mass is 986 g/mol. The highest BCUT2D eigenvalue weighted by molar-refractivity contribution is 7.86. The molecule has 7 aromatic rings. The van der Waals surface area contributed by atoms with Crippen molar-refractivity contribution in [1.29, 1.82) is 0 Å². The van der Waals surface area contributed by atoms with Gasteiger partial charge in [-0.2, -0.15) is 8.42 Å². The number of carbonyl (C=O) groups excluding carboxylic acids is 2. The van der Waals surface area contributed by atoms with Gasteiger partial charge in [0, 0.05) is 104 Å². The number of anilines is 2. The summed E-state index contributed by atoms with van der Waals surface area (Å²) in [6.07, 6.45) is 13.0. The summed E-state index contributed by atoms with van der Waals surface area (Å²) in [5.41, 5.74) is 22.1. The summed E-state index contributed by atoms with van der Waals surface area (Å²) in [4.78, 5) is 45.1. The first kappa shape index (κ1) is 49.9. The van der Waals surface area contributed by atoms with Crippen LogP contribution in [-0.4, -0.2) is 81.8 Å². The predicted octanol–water partition coefficient (Wildman–Crippen LogP) is 11.0. The third-order valence-corrected chi connectivity index (χ3v) is 15.2. The van der Waals surface area contributed by atoms with Crippen LogP contribution in [0, 0.1) is 33.9 Å². The molecule has 2 saturated carbocycles.